The summed E-state index contributed by atoms with van der Waals surface area (Å²) in [6.07, 6.45) is 1.05. The molecule has 2 aliphatic heterocycles. The molecule has 7 nitrogen and oxygen atoms in total. The minimum atomic E-state index is -2.67. The van der Waals surface area contributed by atoms with Crippen molar-refractivity contribution in [3.63, 3.8) is 0 Å². The molecule has 4 amide bonds. The predicted octanol–water partition coefficient (Wildman–Crippen LogP) is 7.00. The fourth-order valence-electron chi connectivity index (χ4n) is 8.46. The molecular weight excluding hydrogens is 718 g/mol. The molecule has 4 aromatic rings. The van der Waals surface area contributed by atoms with E-state index in [9.17, 15) is 37.5 Å². The van der Waals surface area contributed by atoms with Gasteiger partial charge in [-0.25, -0.2) is 26.9 Å². The number of imide groups is 2. The summed E-state index contributed by atoms with van der Waals surface area (Å²) in [5.41, 5.74) is -0.634. The monoisotopic (exact) mass is 740 g/mol. The van der Waals surface area contributed by atoms with Gasteiger partial charge in [0.2, 0.25) is 17.6 Å². The number of phenolic OH excluding ortho intramolecular Hbond substituents is 1. The number of halogens is 7. The summed E-state index contributed by atoms with van der Waals surface area (Å²) in [6, 6.07) is 17.9. The number of carbonyl (C=O) groups excluding carboxylic acids is 4. The lowest BCUT2D eigenvalue weighted by Crippen LogP contribution is -2.60. The number of alkyl halides is 2. The lowest BCUT2D eigenvalue weighted by Gasteiger charge is -2.51. The smallest absolute Gasteiger partial charge is 0.258 e. The first-order valence-electron chi connectivity index (χ1n) is 15.8. The Morgan fingerprint density at radius 2 is 1.33 bits per heavy atom. The van der Waals surface area contributed by atoms with E-state index in [-0.39, 0.29) is 29.2 Å². The highest BCUT2D eigenvalue weighted by atomic mass is 35.5. The van der Waals surface area contributed by atoms with Crippen LogP contribution in [0, 0.1) is 46.8 Å². The van der Waals surface area contributed by atoms with E-state index >= 15 is 8.78 Å². The van der Waals surface area contributed by atoms with Crippen LogP contribution in [0.15, 0.2) is 78.4 Å². The molecule has 8 rings (SSSR count). The molecule has 260 valence electrons. The maximum atomic E-state index is 15.3. The molecule has 6 atom stereocenters. The Labute approximate surface area is 295 Å². The first kappa shape index (κ1) is 33.3. The summed E-state index contributed by atoms with van der Waals surface area (Å²) >= 11 is 14.5. The molecule has 1 N–H and O–H groups in total. The summed E-state index contributed by atoms with van der Waals surface area (Å²) in [5, 5.41) is 11.3. The number of hydrogen-bond donors (Lipinski definition) is 1. The average Bonchev–Trinajstić information content (AvgIpc) is 3.45. The molecule has 4 aliphatic rings. The fraction of sp³-hybridized carbons (Fsp3) is 0.243. The number of allylic oxidation sites excluding steroid dienone is 2. The van der Waals surface area contributed by atoms with Gasteiger partial charge in [-0.1, -0.05) is 72.3 Å². The first-order valence-corrected chi connectivity index (χ1v) is 16.6. The van der Waals surface area contributed by atoms with Crippen LogP contribution in [0.4, 0.5) is 27.6 Å². The van der Waals surface area contributed by atoms with Crippen molar-refractivity contribution in [3.05, 3.63) is 119 Å². The van der Waals surface area contributed by atoms with Crippen molar-refractivity contribution < 1.29 is 46.2 Å². The van der Waals surface area contributed by atoms with Crippen LogP contribution in [0.1, 0.15) is 29.9 Å². The summed E-state index contributed by atoms with van der Waals surface area (Å²) in [4.78, 5) is 52.5. The molecule has 2 saturated heterocycles. The summed E-state index contributed by atoms with van der Waals surface area (Å²) in [7, 11) is 0. The number of hydrogen-bond acceptors (Lipinski definition) is 5. The summed E-state index contributed by atoms with van der Waals surface area (Å²) in [6.45, 7) is -0.0451. The molecule has 6 unspecified atom stereocenters. The number of likely N-dealkylation sites (tertiary alicyclic amines) is 1. The van der Waals surface area contributed by atoms with Crippen LogP contribution >= 0.6 is 23.2 Å². The number of anilines is 1. The van der Waals surface area contributed by atoms with Gasteiger partial charge in [-0.2, -0.15) is 0 Å². The van der Waals surface area contributed by atoms with Gasteiger partial charge >= 0.3 is 0 Å². The highest BCUT2D eigenvalue weighted by molar-refractivity contribution is 6.58. The van der Waals surface area contributed by atoms with Gasteiger partial charge in [0.25, 0.3) is 11.8 Å². The van der Waals surface area contributed by atoms with Crippen LogP contribution in [-0.2, 0) is 25.7 Å². The molecule has 14 heteroatoms. The van der Waals surface area contributed by atoms with Crippen LogP contribution in [0.25, 0.3) is 10.8 Å². The molecule has 2 aliphatic carbocycles. The largest absolute Gasteiger partial charge is 0.507 e. The van der Waals surface area contributed by atoms with Crippen molar-refractivity contribution in [2.24, 2.45) is 17.8 Å². The molecule has 0 aromatic heterocycles. The third kappa shape index (κ3) is 4.29. The Morgan fingerprint density at radius 3 is 2.00 bits per heavy atom. The van der Waals surface area contributed by atoms with Crippen molar-refractivity contribution in [2.45, 2.75) is 35.1 Å². The minimum Gasteiger partial charge on any atom is -0.507 e. The van der Waals surface area contributed by atoms with Gasteiger partial charge in [0.1, 0.15) is 11.4 Å². The van der Waals surface area contributed by atoms with Crippen LogP contribution in [-0.4, -0.2) is 43.4 Å². The van der Waals surface area contributed by atoms with E-state index in [4.69, 9.17) is 23.2 Å². The van der Waals surface area contributed by atoms with Gasteiger partial charge in [0, 0.05) is 11.3 Å². The van der Waals surface area contributed by atoms with Gasteiger partial charge < -0.3 is 5.11 Å². The second-order valence-corrected chi connectivity index (χ2v) is 14.4. The highest BCUT2D eigenvalue weighted by Crippen LogP contribution is 2.66. The number of benzene rings is 4. The molecule has 3 fully saturated rings. The molecule has 1 saturated carbocycles. The third-order valence-electron chi connectivity index (χ3n) is 10.7. The lowest BCUT2D eigenvalue weighted by molar-refractivity contribution is -0.141. The van der Waals surface area contributed by atoms with Gasteiger partial charge in [0.15, 0.2) is 33.0 Å². The van der Waals surface area contributed by atoms with Crippen LogP contribution in [0.3, 0.4) is 0 Å². The number of fused-ring (bicyclic) bond motifs is 5. The number of nitrogens with zero attached hydrogens (tertiary/aromatic N) is 2. The van der Waals surface area contributed by atoms with Gasteiger partial charge in [-0.05, 0) is 41.3 Å². The second kappa shape index (κ2) is 11.3. The van der Waals surface area contributed by atoms with Crippen molar-refractivity contribution in [2.75, 3.05) is 4.90 Å². The highest BCUT2D eigenvalue weighted by Gasteiger charge is 2.77. The van der Waals surface area contributed by atoms with Crippen molar-refractivity contribution in [1.29, 1.82) is 0 Å². The van der Waals surface area contributed by atoms with E-state index < -0.39 is 98.2 Å². The van der Waals surface area contributed by atoms with Gasteiger partial charge in [0.05, 0.1) is 18.4 Å². The lowest BCUT2D eigenvalue weighted by atomic mass is 9.56. The van der Waals surface area contributed by atoms with E-state index in [0.717, 1.165) is 4.90 Å². The molecule has 0 spiro atoms. The quantitative estimate of drug-likeness (QED) is 0.0607. The Hall–Kier alpha value is -4.81. The van der Waals surface area contributed by atoms with Crippen LogP contribution in [0.2, 0.25) is 0 Å². The number of rotatable bonds is 4. The van der Waals surface area contributed by atoms with Gasteiger partial charge in [-0.15, -0.1) is 23.2 Å². The fourth-order valence-corrected chi connectivity index (χ4v) is 9.38. The molecule has 0 bridgehead atoms. The molecule has 4 aromatic carbocycles. The summed E-state index contributed by atoms with van der Waals surface area (Å²) in [5.74, 6) is -21.1. The van der Waals surface area contributed by atoms with Crippen molar-refractivity contribution in [3.8, 4) is 5.75 Å². The number of phenols is 1. The Kier molecular flexibility index (Phi) is 7.42. The Balaban J connectivity index is 1.34. The topological polar surface area (TPSA) is 95.0 Å². The second-order valence-electron chi connectivity index (χ2n) is 13.2. The maximum Gasteiger partial charge on any atom is 0.258 e. The average molecular weight is 741 g/mol. The van der Waals surface area contributed by atoms with Crippen molar-refractivity contribution >= 4 is 63.3 Å². The Morgan fingerprint density at radius 1 is 0.725 bits per heavy atom. The van der Waals surface area contributed by atoms with E-state index in [0.29, 0.717) is 21.9 Å². The molecule has 51 heavy (non-hydrogen) atoms. The number of carbonyl (C=O) groups is 4. The van der Waals surface area contributed by atoms with E-state index in [1.165, 1.54) is 12.1 Å². The third-order valence-corrected chi connectivity index (χ3v) is 12.2. The predicted molar refractivity (Wildman–Crippen MR) is 174 cm³/mol. The Bertz CT molecular complexity index is 2260. The van der Waals surface area contributed by atoms with Gasteiger partial charge in [-0.3, -0.25) is 24.1 Å². The standard InChI is InChI=1S/C37H23Cl2F5N2O5/c38-36-14-22-20(10-11-21-24(22)33(49)45(32(21)48)15-16-6-2-1-3-7-16)25(19-12-13-23(47)18-9-5-4-8-17(18)19)37(36,39)35(51)46(34(36)50)31-29(43)27(41)26(40)28(42)30(31)44/h1-10,12-13,21-22,24-25,47H,11,14-15H2. The number of aromatic hydroxyl groups is 1. The first-order chi connectivity index (χ1) is 24.2. The van der Waals surface area contributed by atoms with Crippen molar-refractivity contribution in [1.82, 2.24) is 4.90 Å². The zero-order valence-electron chi connectivity index (χ0n) is 26.0. The molecule has 0 radical (unpaired) electrons. The van der Waals surface area contributed by atoms with Crippen LogP contribution < -0.4 is 4.90 Å². The zero-order valence-corrected chi connectivity index (χ0v) is 27.5. The van der Waals surface area contributed by atoms with E-state index in [1.54, 1.807) is 60.7 Å². The van der Waals surface area contributed by atoms with E-state index in [2.05, 4.69) is 0 Å². The summed E-state index contributed by atoms with van der Waals surface area (Å²) < 4.78 is 73.7. The molecular formula is C37H23Cl2F5N2O5. The van der Waals surface area contributed by atoms with E-state index in [1.807, 2.05) is 0 Å². The number of amides is 4. The normalized spacial score (nSPS) is 28.6. The maximum absolute atomic E-state index is 15.3. The minimum absolute atomic E-state index is 0.0185. The van der Waals surface area contributed by atoms with Crippen LogP contribution in [0.5, 0.6) is 5.75 Å². The molecule has 2 heterocycles. The zero-order chi connectivity index (χ0) is 36.3. The SMILES string of the molecule is O=C1C2CC=C3C(CC4(Cl)C(=O)N(c5c(F)c(F)c(F)c(F)c5F)C(=O)C4(Cl)C3c3ccc(O)c4ccccc34)C2C(=O)N1Cc1ccccc1.